The molecule has 2 heterocycles. The molecule has 2 fully saturated rings. The van der Waals surface area contributed by atoms with Crippen molar-refractivity contribution in [2.75, 3.05) is 13.1 Å². The maximum atomic E-state index is 11.4. The second kappa shape index (κ2) is 6.14. The number of fused-ring (bicyclic) bond motifs is 1. The van der Waals surface area contributed by atoms with Crippen LogP contribution in [0.15, 0.2) is 42.6 Å². The van der Waals surface area contributed by atoms with Crippen molar-refractivity contribution in [3.63, 3.8) is 0 Å². The van der Waals surface area contributed by atoms with Crippen molar-refractivity contribution in [3.05, 3.63) is 64.4 Å². The first-order chi connectivity index (χ1) is 11.6. The van der Waals surface area contributed by atoms with Gasteiger partial charge in [-0.1, -0.05) is 35.9 Å². The third kappa shape index (κ3) is 2.65. The van der Waals surface area contributed by atoms with Gasteiger partial charge >= 0.3 is 0 Å². The summed E-state index contributed by atoms with van der Waals surface area (Å²) >= 11 is 6.31. The van der Waals surface area contributed by atoms with Gasteiger partial charge in [-0.2, -0.15) is 0 Å². The number of likely N-dealkylation sites (tertiary alicyclic amines) is 1. The fourth-order valence-electron chi connectivity index (χ4n) is 4.61. The third-order valence-electron chi connectivity index (χ3n) is 5.80. The van der Waals surface area contributed by atoms with Crippen LogP contribution in [0.1, 0.15) is 29.7 Å². The molecule has 4 heteroatoms. The molecule has 0 radical (unpaired) electrons. The predicted molar refractivity (Wildman–Crippen MR) is 95.8 cm³/mol. The van der Waals surface area contributed by atoms with Crippen LogP contribution in [0.25, 0.3) is 0 Å². The highest BCUT2D eigenvalue weighted by atomic mass is 35.5. The lowest BCUT2D eigenvalue weighted by Crippen LogP contribution is -2.36. The molecule has 24 heavy (non-hydrogen) atoms. The van der Waals surface area contributed by atoms with Crippen LogP contribution in [0.4, 0.5) is 0 Å². The van der Waals surface area contributed by atoms with Crippen molar-refractivity contribution >= 4 is 11.6 Å². The van der Waals surface area contributed by atoms with Gasteiger partial charge in [-0.3, -0.25) is 9.88 Å². The number of pyridine rings is 1. The highest BCUT2D eigenvalue weighted by molar-refractivity contribution is 6.31. The first-order valence-corrected chi connectivity index (χ1v) is 9.06. The van der Waals surface area contributed by atoms with Crippen LogP contribution in [0, 0.1) is 18.8 Å². The summed E-state index contributed by atoms with van der Waals surface area (Å²) in [7, 11) is 0. The highest BCUT2D eigenvalue weighted by Gasteiger charge is 2.53. The van der Waals surface area contributed by atoms with Gasteiger partial charge in [0.1, 0.15) is 5.60 Å². The minimum Gasteiger partial charge on any atom is -0.383 e. The lowest BCUT2D eigenvalue weighted by molar-refractivity contribution is -0.0114. The van der Waals surface area contributed by atoms with Gasteiger partial charge in [0, 0.05) is 36.8 Å². The molecule has 126 valence electrons. The van der Waals surface area contributed by atoms with Gasteiger partial charge in [-0.15, -0.1) is 0 Å². The number of aromatic nitrogens is 1. The summed E-state index contributed by atoms with van der Waals surface area (Å²) in [5, 5.41) is 12.3. The van der Waals surface area contributed by atoms with Gasteiger partial charge in [-0.05, 0) is 48.9 Å². The Bertz CT molecular complexity index is 750. The molecule has 3 nitrogen and oxygen atoms in total. The number of hydrogen-bond acceptors (Lipinski definition) is 3. The Morgan fingerprint density at radius 2 is 2.08 bits per heavy atom. The fraction of sp³-hybridized carbons (Fsp3) is 0.450. The van der Waals surface area contributed by atoms with E-state index < -0.39 is 5.60 Å². The molecule has 1 aromatic heterocycles. The molecule has 0 amide bonds. The van der Waals surface area contributed by atoms with Crippen molar-refractivity contribution < 1.29 is 5.11 Å². The SMILES string of the molecule is Cc1cccnc1[C@]1(O)CC[C@H]2CN(Cc3ccccc3Cl)C[C@H]21. The lowest BCUT2D eigenvalue weighted by Gasteiger charge is -2.31. The molecule has 1 aliphatic carbocycles. The van der Waals surface area contributed by atoms with Crippen LogP contribution < -0.4 is 0 Å². The number of benzene rings is 1. The summed E-state index contributed by atoms with van der Waals surface area (Å²) < 4.78 is 0. The second-order valence-electron chi connectivity index (χ2n) is 7.28. The number of rotatable bonds is 3. The molecule has 1 saturated heterocycles. The van der Waals surface area contributed by atoms with Gasteiger partial charge in [0.25, 0.3) is 0 Å². The monoisotopic (exact) mass is 342 g/mol. The molecule has 2 aliphatic rings. The normalized spacial score (nSPS) is 29.8. The molecule has 4 rings (SSSR count). The smallest absolute Gasteiger partial charge is 0.111 e. The quantitative estimate of drug-likeness (QED) is 0.922. The molecule has 1 aliphatic heterocycles. The minimum atomic E-state index is -0.786. The Labute approximate surface area is 148 Å². The van der Waals surface area contributed by atoms with Gasteiger partial charge in [0.2, 0.25) is 0 Å². The van der Waals surface area contributed by atoms with E-state index in [9.17, 15) is 5.11 Å². The molecule has 1 saturated carbocycles. The lowest BCUT2D eigenvalue weighted by atomic mass is 9.83. The molecule has 1 aromatic carbocycles. The van der Waals surface area contributed by atoms with E-state index in [-0.39, 0.29) is 5.92 Å². The first-order valence-electron chi connectivity index (χ1n) is 8.68. The van der Waals surface area contributed by atoms with Crippen LogP contribution in [0.2, 0.25) is 5.02 Å². The minimum absolute atomic E-state index is 0.258. The van der Waals surface area contributed by atoms with E-state index in [4.69, 9.17) is 11.6 Å². The number of hydrogen-bond donors (Lipinski definition) is 1. The van der Waals surface area contributed by atoms with Crippen LogP contribution >= 0.6 is 11.6 Å². The molecule has 0 spiro atoms. The molecule has 0 bridgehead atoms. The van der Waals surface area contributed by atoms with Gasteiger partial charge in [-0.25, -0.2) is 0 Å². The Kier molecular flexibility index (Phi) is 4.11. The largest absolute Gasteiger partial charge is 0.383 e. The summed E-state index contributed by atoms with van der Waals surface area (Å²) in [6.45, 7) is 4.83. The molecule has 1 N–H and O–H groups in total. The van der Waals surface area contributed by atoms with E-state index in [0.29, 0.717) is 5.92 Å². The van der Waals surface area contributed by atoms with Gasteiger partial charge in [0.15, 0.2) is 0 Å². The summed E-state index contributed by atoms with van der Waals surface area (Å²) in [5.41, 5.74) is 2.34. The van der Waals surface area contributed by atoms with Crippen molar-refractivity contribution in [3.8, 4) is 0 Å². The Morgan fingerprint density at radius 1 is 1.25 bits per heavy atom. The van der Waals surface area contributed by atoms with E-state index in [2.05, 4.69) is 16.0 Å². The van der Waals surface area contributed by atoms with Crippen LogP contribution in [-0.2, 0) is 12.1 Å². The zero-order chi connectivity index (χ0) is 16.7. The van der Waals surface area contributed by atoms with Crippen LogP contribution in [0.5, 0.6) is 0 Å². The zero-order valence-corrected chi connectivity index (χ0v) is 14.7. The molecule has 2 aromatic rings. The maximum Gasteiger partial charge on any atom is 0.111 e. The van der Waals surface area contributed by atoms with Crippen molar-refractivity contribution in [1.82, 2.24) is 9.88 Å². The molecular weight excluding hydrogens is 320 g/mol. The third-order valence-corrected chi connectivity index (χ3v) is 6.17. The van der Waals surface area contributed by atoms with Crippen molar-refractivity contribution in [2.24, 2.45) is 11.8 Å². The standard InChI is InChI=1S/C20H23ClN2O/c1-14-5-4-10-22-19(14)20(24)9-8-15-11-23(13-17(15)20)12-16-6-2-3-7-18(16)21/h2-7,10,15,17,24H,8-9,11-13H2,1H3/t15-,17+,20-/m0/s1. The van der Waals surface area contributed by atoms with E-state index in [0.717, 1.165) is 54.3 Å². The second-order valence-corrected chi connectivity index (χ2v) is 7.69. The predicted octanol–water partition coefficient (Wildman–Crippen LogP) is 3.77. The van der Waals surface area contributed by atoms with E-state index >= 15 is 0 Å². The Balaban J connectivity index is 1.55. The fourth-order valence-corrected chi connectivity index (χ4v) is 4.81. The summed E-state index contributed by atoms with van der Waals surface area (Å²) in [4.78, 5) is 6.96. The van der Waals surface area contributed by atoms with Crippen LogP contribution in [-0.4, -0.2) is 28.1 Å². The Hall–Kier alpha value is -1.42. The zero-order valence-electron chi connectivity index (χ0n) is 14.0. The molecule has 0 unspecified atom stereocenters. The first kappa shape index (κ1) is 16.1. The highest BCUT2D eigenvalue weighted by Crippen LogP contribution is 2.50. The number of nitrogens with zero attached hydrogens (tertiary/aromatic N) is 2. The van der Waals surface area contributed by atoms with Crippen molar-refractivity contribution in [2.45, 2.75) is 31.9 Å². The average molecular weight is 343 g/mol. The van der Waals surface area contributed by atoms with Gasteiger partial charge < -0.3 is 5.11 Å². The molecule has 3 atom stereocenters. The van der Waals surface area contributed by atoms with Gasteiger partial charge in [0.05, 0.1) is 5.69 Å². The summed E-state index contributed by atoms with van der Waals surface area (Å²) in [6, 6.07) is 12.0. The number of halogens is 1. The van der Waals surface area contributed by atoms with E-state index in [1.807, 2.05) is 37.3 Å². The summed E-state index contributed by atoms with van der Waals surface area (Å²) in [5.74, 6) is 0.799. The Morgan fingerprint density at radius 3 is 2.88 bits per heavy atom. The van der Waals surface area contributed by atoms with E-state index in [1.165, 1.54) is 0 Å². The number of aliphatic hydroxyl groups is 1. The number of aryl methyl sites for hydroxylation is 1. The molecular formula is C20H23ClN2O. The van der Waals surface area contributed by atoms with Crippen LogP contribution in [0.3, 0.4) is 0 Å². The van der Waals surface area contributed by atoms with E-state index in [1.54, 1.807) is 6.20 Å². The summed E-state index contributed by atoms with van der Waals surface area (Å²) in [6.07, 6.45) is 3.68. The van der Waals surface area contributed by atoms with Crippen molar-refractivity contribution in [1.29, 1.82) is 0 Å². The topological polar surface area (TPSA) is 36.4 Å². The average Bonchev–Trinajstić information content (AvgIpc) is 3.11. The maximum absolute atomic E-state index is 11.4.